The van der Waals surface area contributed by atoms with E-state index in [4.69, 9.17) is 21.9 Å². The predicted octanol–water partition coefficient (Wildman–Crippen LogP) is 3.88. The lowest BCUT2D eigenvalue weighted by Gasteiger charge is -2.21. The minimum atomic E-state index is -0.228. The largest absolute Gasteiger partial charge is 0.385 e. The molecule has 1 saturated heterocycles. The molecule has 0 bridgehead atoms. The molecular weight excluding hydrogens is 468 g/mol. The fraction of sp³-hybridized carbons (Fsp3) is 0.280. The minimum absolute atomic E-state index is 0.198. The Kier molecular flexibility index (Phi) is 7.45. The Labute approximate surface area is 208 Å². The van der Waals surface area contributed by atoms with Crippen molar-refractivity contribution in [3.05, 3.63) is 80.6 Å². The van der Waals surface area contributed by atoms with Gasteiger partial charge in [0.2, 0.25) is 0 Å². The van der Waals surface area contributed by atoms with Crippen molar-refractivity contribution < 1.29 is 9.53 Å². The predicted molar refractivity (Wildman–Crippen MR) is 141 cm³/mol. The molecule has 1 amide bonds. The molecule has 0 atom stereocenters. The van der Waals surface area contributed by atoms with Crippen LogP contribution in [0.5, 0.6) is 0 Å². The van der Waals surface area contributed by atoms with E-state index in [0.717, 1.165) is 11.1 Å². The average molecular weight is 495 g/mol. The van der Waals surface area contributed by atoms with Crippen LogP contribution in [-0.4, -0.2) is 51.8 Å². The molecule has 0 N–H and O–H groups in total. The van der Waals surface area contributed by atoms with Crippen LogP contribution in [0.2, 0.25) is 0 Å². The zero-order valence-corrected chi connectivity index (χ0v) is 21.0. The third-order valence-electron chi connectivity index (χ3n) is 5.57. The Morgan fingerprint density at radius 2 is 1.94 bits per heavy atom. The molecule has 34 heavy (non-hydrogen) atoms. The van der Waals surface area contributed by atoms with Crippen molar-refractivity contribution in [3.8, 4) is 0 Å². The molecule has 1 fully saturated rings. The summed E-state index contributed by atoms with van der Waals surface area (Å²) in [5.41, 5.74) is 2.70. The summed E-state index contributed by atoms with van der Waals surface area (Å²) < 4.78 is 7.10. The second-order valence-corrected chi connectivity index (χ2v) is 9.74. The van der Waals surface area contributed by atoms with Gasteiger partial charge in [0.25, 0.3) is 11.5 Å². The first-order chi connectivity index (χ1) is 16.4. The van der Waals surface area contributed by atoms with E-state index in [2.05, 4.69) is 0 Å². The number of hydrogen-bond donors (Lipinski definition) is 0. The van der Waals surface area contributed by atoms with Gasteiger partial charge in [0, 0.05) is 40.1 Å². The van der Waals surface area contributed by atoms with Crippen LogP contribution in [0.1, 0.15) is 23.1 Å². The third-order valence-corrected chi connectivity index (χ3v) is 6.95. The number of carbonyl (C=O) groups is 1. The van der Waals surface area contributed by atoms with Gasteiger partial charge in [-0.2, -0.15) is 0 Å². The summed E-state index contributed by atoms with van der Waals surface area (Å²) in [4.78, 5) is 35.5. The molecule has 0 spiro atoms. The molecule has 1 aliphatic heterocycles. The van der Waals surface area contributed by atoms with Crippen LogP contribution in [0, 0.1) is 6.92 Å². The van der Waals surface area contributed by atoms with E-state index in [1.54, 1.807) is 24.3 Å². The van der Waals surface area contributed by atoms with Crippen molar-refractivity contribution in [2.75, 3.05) is 32.2 Å². The van der Waals surface area contributed by atoms with Crippen LogP contribution in [-0.2, 0) is 16.1 Å². The van der Waals surface area contributed by atoms with Gasteiger partial charge in [-0.05, 0) is 36.6 Å². The van der Waals surface area contributed by atoms with Gasteiger partial charge in [0.1, 0.15) is 15.8 Å². The monoisotopic (exact) mass is 494 g/mol. The van der Waals surface area contributed by atoms with E-state index in [1.807, 2.05) is 61.3 Å². The van der Waals surface area contributed by atoms with Gasteiger partial charge in [-0.15, -0.1) is 0 Å². The summed E-state index contributed by atoms with van der Waals surface area (Å²) in [5, 5.41) is 0. The number of benzene rings is 1. The second-order valence-electron chi connectivity index (χ2n) is 8.06. The SMILES string of the molecule is COCCCN1C(=O)/C(=C/c2c(N(C)Cc3ccccc3)nc3c(C)cccn3c2=O)SC1=S. The lowest BCUT2D eigenvalue weighted by atomic mass is 10.2. The summed E-state index contributed by atoms with van der Waals surface area (Å²) in [7, 11) is 3.52. The number of fused-ring (bicyclic) bond motifs is 1. The van der Waals surface area contributed by atoms with Crippen LogP contribution in [0.4, 0.5) is 5.82 Å². The van der Waals surface area contributed by atoms with Gasteiger partial charge in [0.15, 0.2) is 0 Å². The third kappa shape index (κ3) is 4.91. The zero-order chi connectivity index (χ0) is 24.2. The number of rotatable bonds is 8. The van der Waals surface area contributed by atoms with Crippen LogP contribution in [0.15, 0.2) is 58.4 Å². The molecular formula is C25H26N4O3S2. The lowest BCUT2D eigenvalue weighted by Crippen LogP contribution is -2.30. The first kappa shape index (κ1) is 24.1. The molecule has 1 aliphatic rings. The molecule has 3 aromatic rings. The maximum atomic E-state index is 13.6. The number of aromatic nitrogens is 2. The van der Waals surface area contributed by atoms with Gasteiger partial charge in [-0.1, -0.05) is 60.4 Å². The van der Waals surface area contributed by atoms with Crippen molar-refractivity contribution in [1.29, 1.82) is 0 Å². The molecule has 0 unspecified atom stereocenters. The second kappa shape index (κ2) is 10.5. The topological polar surface area (TPSA) is 67.2 Å². The van der Waals surface area contributed by atoms with Gasteiger partial charge in [-0.3, -0.25) is 18.9 Å². The number of methoxy groups -OCH3 is 1. The maximum absolute atomic E-state index is 13.6. The Hall–Kier alpha value is -3.01. The van der Waals surface area contributed by atoms with Gasteiger partial charge in [0.05, 0.1) is 10.5 Å². The maximum Gasteiger partial charge on any atom is 0.267 e. The molecule has 3 heterocycles. The molecule has 0 aliphatic carbocycles. The van der Waals surface area contributed by atoms with E-state index >= 15 is 0 Å². The molecule has 4 rings (SSSR count). The molecule has 0 saturated carbocycles. The highest BCUT2D eigenvalue weighted by Gasteiger charge is 2.32. The fourth-order valence-corrected chi connectivity index (χ4v) is 5.13. The molecule has 0 radical (unpaired) electrons. The molecule has 2 aromatic heterocycles. The number of carbonyl (C=O) groups excluding carboxylic acids is 1. The van der Waals surface area contributed by atoms with E-state index in [-0.39, 0.29) is 11.5 Å². The normalized spacial score (nSPS) is 15.0. The zero-order valence-electron chi connectivity index (χ0n) is 19.4. The quantitative estimate of drug-likeness (QED) is 0.267. The van der Waals surface area contributed by atoms with Gasteiger partial charge >= 0.3 is 0 Å². The Morgan fingerprint density at radius 3 is 2.68 bits per heavy atom. The number of thioether (sulfide) groups is 1. The fourth-order valence-electron chi connectivity index (χ4n) is 3.84. The van der Waals surface area contributed by atoms with Crippen LogP contribution < -0.4 is 10.5 Å². The number of aryl methyl sites for hydroxylation is 1. The Bertz CT molecular complexity index is 1320. The summed E-state index contributed by atoms with van der Waals surface area (Å²) in [6.45, 7) is 3.51. The van der Waals surface area contributed by atoms with Crippen molar-refractivity contribution >= 4 is 51.7 Å². The smallest absolute Gasteiger partial charge is 0.267 e. The number of hydrogen-bond acceptors (Lipinski definition) is 7. The number of amides is 1. The summed E-state index contributed by atoms with van der Waals surface area (Å²) in [5.74, 6) is 0.323. The number of ether oxygens (including phenoxy) is 1. The minimum Gasteiger partial charge on any atom is -0.385 e. The standard InChI is InChI=1S/C25H26N4O3S2/c1-17-9-7-12-28-21(17)26-22(27(2)16-18-10-5-4-6-11-18)19(23(28)30)15-20-24(31)29(25(33)34-20)13-8-14-32-3/h4-7,9-12,15H,8,13-14,16H2,1-3H3/b20-15-. The van der Waals surface area contributed by atoms with Crippen LogP contribution >= 0.6 is 24.0 Å². The van der Waals surface area contributed by atoms with Crippen molar-refractivity contribution in [3.63, 3.8) is 0 Å². The Balaban J connectivity index is 1.79. The summed E-state index contributed by atoms with van der Waals surface area (Å²) in [6.07, 6.45) is 4.02. The van der Waals surface area contributed by atoms with Gasteiger partial charge < -0.3 is 9.64 Å². The van der Waals surface area contributed by atoms with Crippen molar-refractivity contribution in [2.45, 2.75) is 19.9 Å². The number of anilines is 1. The van der Waals surface area contributed by atoms with Crippen LogP contribution in [0.3, 0.4) is 0 Å². The van der Waals surface area contributed by atoms with Crippen molar-refractivity contribution in [2.24, 2.45) is 0 Å². The van der Waals surface area contributed by atoms with Crippen LogP contribution in [0.25, 0.3) is 11.7 Å². The number of nitrogens with zero attached hydrogens (tertiary/aromatic N) is 4. The van der Waals surface area contributed by atoms with Crippen molar-refractivity contribution in [1.82, 2.24) is 14.3 Å². The molecule has 1 aromatic carbocycles. The number of pyridine rings is 1. The summed E-state index contributed by atoms with van der Waals surface area (Å²) >= 11 is 6.65. The first-order valence-corrected chi connectivity index (χ1v) is 12.1. The van der Waals surface area contributed by atoms with E-state index < -0.39 is 0 Å². The molecule has 7 nitrogen and oxygen atoms in total. The van der Waals surface area contributed by atoms with E-state index in [1.165, 1.54) is 16.2 Å². The highest BCUT2D eigenvalue weighted by molar-refractivity contribution is 8.26. The summed E-state index contributed by atoms with van der Waals surface area (Å²) in [6, 6.07) is 13.7. The Morgan fingerprint density at radius 1 is 1.18 bits per heavy atom. The highest BCUT2D eigenvalue weighted by Crippen LogP contribution is 2.33. The van der Waals surface area contributed by atoms with Gasteiger partial charge in [-0.25, -0.2) is 4.98 Å². The lowest BCUT2D eigenvalue weighted by molar-refractivity contribution is -0.122. The number of thiocarbonyl (C=S) groups is 1. The van der Waals surface area contributed by atoms with E-state index in [0.29, 0.717) is 52.4 Å². The van der Waals surface area contributed by atoms with E-state index in [9.17, 15) is 9.59 Å². The molecule has 9 heteroatoms. The first-order valence-electron chi connectivity index (χ1n) is 10.9. The average Bonchev–Trinajstić information content (AvgIpc) is 3.09. The molecule has 176 valence electrons. The highest BCUT2D eigenvalue weighted by atomic mass is 32.2.